The number of halogens is 1. The van der Waals surface area contributed by atoms with Crippen LogP contribution >= 0.6 is 11.6 Å². The van der Waals surface area contributed by atoms with Crippen molar-refractivity contribution in [1.29, 1.82) is 0 Å². The maximum absolute atomic E-state index is 12.9. The summed E-state index contributed by atoms with van der Waals surface area (Å²) in [6, 6.07) is 19.1. The molecule has 146 valence electrons. The lowest BCUT2D eigenvalue weighted by atomic mass is 10.1. The number of amides is 1. The fraction of sp³-hybridized carbons (Fsp3) is 0.136. The summed E-state index contributed by atoms with van der Waals surface area (Å²) in [5, 5.41) is 6.98. The summed E-state index contributed by atoms with van der Waals surface area (Å²) < 4.78 is 1.76. The van der Waals surface area contributed by atoms with E-state index in [4.69, 9.17) is 21.4 Å². The van der Waals surface area contributed by atoms with Crippen LogP contribution < -0.4 is 0 Å². The lowest BCUT2D eigenvalue weighted by Gasteiger charge is -2.15. The molecule has 0 saturated heterocycles. The molecular weight excluding hydrogens is 388 g/mol. The first-order valence-corrected chi connectivity index (χ1v) is 9.44. The van der Waals surface area contributed by atoms with E-state index in [0.29, 0.717) is 33.9 Å². The summed E-state index contributed by atoms with van der Waals surface area (Å²) in [5.41, 5.74) is 3.61. The van der Waals surface area contributed by atoms with Gasteiger partial charge in [-0.1, -0.05) is 60.1 Å². The second-order valence-corrected chi connectivity index (χ2v) is 6.94. The number of carbonyl (C=O) groups is 1. The molecule has 29 heavy (non-hydrogen) atoms. The molecule has 0 aliphatic carbocycles. The Hall–Kier alpha value is -3.22. The van der Waals surface area contributed by atoms with Gasteiger partial charge in [0.15, 0.2) is 5.65 Å². The van der Waals surface area contributed by atoms with Crippen LogP contribution in [0.15, 0.2) is 66.9 Å². The highest BCUT2D eigenvalue weighted by Crippen LogP contribution is 2.27. The number of hydrogen-bond donors (Lipinski definition) is 0. The van der Waals surface area contributed by atoms with Gasteiger partial charge in [-0.2, -0.15) is 5.10 Å². The van der Waals surface area contributed by atoms with Gasteiger partial charge in [-0.05, 0) is 17.7 Å². The Balaban J connectivity index is 1.89. The average molecular weight is 407 g/mol. The second-order valence-electron chi connectivity index (χ2n) is 6.54. The predicted octanol–water partition coefficient (Wildman–Crippen LogP) is 4.43. The highest BCUT2D eigenvalue weighted by molar-refractivity contribution is 6.31. The second kappa shape index (κ2) is 8.03. The van der Waals surface area contributed by atoms with E-state index >= 15 is 0 Å². The summed E-state index contributed by atoms with van der Waals surface area (Å²) in [7, 11) is 3.03. The molecule has 0 aliphatic heterocycles. The summed E-state index contributed by atoms with van der Waals surface area (Å²) in [6.45, 7) is 0.447. The number of hydroxylamine groups is 2. The third-order valence-electron chi connectivity index (χ3n) is 4.75. The number of rotatable bonds is 5. The molecule has 0 spiro atoms. The van der Waals surface area contributed by atoms with Crippen LogP contribution in [0.5, 0.6) is 0 Å². The minimum atomic E-state index is -0.269. The van der Waals surface area contributed by atoms with Gasteiger partial charge in [-0.25, -0.2) is 14.7 Å². The minimum Gasteiger partial charge on any atom is -0.274 e. The molecule has 4 rings (SSSR count). The van der Waals surface area contributed by atoms with Crippen molar-refractivity contribution >= 4 is 28.5 Å². The summed E-state index contributed by atoms with van der Waals surface area (Å²) >= 11 is 6.32. The van der Waals surface area contributed by atoms with Crippen molar-refractivity contribution in [3.63, 3.8) is 0 Å². The standard InChI is InChI=1S/C22H19ClN4O2/c1-26(29-2)22(28)17-12-20(15-8-4-3-5-9-15)25-21-18(17)13-24-27(21)14-16-10-6-7-11-19(16)23/h3-13H,14H2,1-2H3. The number of hydrogen-bond acceptors (Lipinski definition) is 4. The first kappa shape index (κ1) is 19.1. The Kier molecular flexibility index (Phi) is 5.29. The molecule has 2 heterocycles. The molecule has 0 unspecified atom stereocenters. The van der Waals surface area contributed by atoms with E-state index in [-0.39, 0.29) is 5.91 Å². The Labute approximate surface area is 173 Å². The van der Waals surface area contributed by atoms with Crippen LogP contribution in [0.4, 0.5) is 0 Å². The fourth-order valence-corrected chi connectivity index (χ4v) is 3.33. The zero-order chi connectivity index (χ0) is 20.4. The Bertz CT molecular complexity index is 1170. The summed E-state index contributed by atoms with van der Waals surface area (Å²) in [5.74, 6) is -0.269. The predicted molar refractivity (Wildman–Crippen MR) is 113 cm³/mol. The van der Waals surface area contributed by atoms with Crippen LogP contribution in [0.3, 0.4) is 0 Å². The van der Waals surface area contributed by atoms with E-state index < -0.39 is 0 Å². The highest BCUT2D eigenvalue weighted by Gasteiger charge is 2.20. The van der Waals surface area contributed by atoms with E-state index in [1.54, 1.807) is 24.0 Å². The smallest absolute Gasteiger partial charge is 0.274 e. The van der Waals surface area contributed by atoms with Crippen molar-refractivity contribution < 1.29 is 9.63 Å². The van der Waals surface area contributed by atoms with Gasteiger partial charge in [-0.3, -0.25) is 9.63 Å². The summed E-state index contributed by atoms with van der Waals surface area (Å²) in [6.07, 6.45) is 1.66. The van der Waals surface area contributed by atoms with Crippen LogP contribution in [0, 0.1) is 0 Å². The molecule has 7 heteroatoms. The molecule has 6 nitrogen and oxygen atoms in total. The van der Waals surface area contributed by atoms with Crippen LogP contribution in [0.25, 0.3) is 22.3 Å². The Morgan fingerprint density at radius 1 is 1.14 bits per heavy atom. The zero-order valence-electron chi connectivity index (χ0n) is 16.0. The number of nitrogens with zero attached hydrogens (tertiary/aromatic N) is 4. The normalized spacial score (nSPS) is 11.0. The molecule has 4 aromatic rings. The van der Waals surface area contributed by atoms with Gasteiger partial charge >= 0.3 is 0 Å². The highest BCUT2D eigenvalue weighted by atomic mass is 35.5. The Morgan fingerprint density at radius 3 is 2.59 bits per heavy atom. The maximum Gasteiger partial charge on any atom is 0.278 e. The number of aromatic nitrogens is 3. The van der Waals surface area contributed by atoms with Gasteiger partial charge in [0.05, 0.1) is 36.5 Å². The van der Waals surface area contributed by atoms with Crippen molar-refractivity contribution in [1.82, 2.24) is 19.8 Å². The molecule has 0 atom stereocenters. The lowest BCUT2D eigenvalue weighted by Crippen LogP contribution is -2.25. The van der Waals surface area contributed by atoms with Gasteiger partial charge in [0, 0.05) is 17.6 Å². The molecule has 0 N–H and O–H groups in total. The molecule has 0 bridgehead atoms. The van der Waals surface area contributed by atoms with E-state index in [1.807, 2.05) is 54.6 Å². The minimum absolute atomic E-state index is 0.269. The van der Waals surface area contributed by atoms with Crippen molar-refractivity contribution in [3.05, 3.63) is 83.0 Å². The van der Waals surface area contributed by atoms with Crippen LogP contribution in [0.1, 0.15) is 15.9 Å². The lowest BCUT2D eigenvalue weighted by molar-refractivity contribution is -0.0755. The van der Waals surface area contributed by atoms with Crippen molar-refractivity contribution in [2.75, 3.05) is 14.2 Å². The van der Waals surface area contributed by atoms with Crippen molar-refractivity contribution in [3.8, 4) is 11.3 Å². The van der Waals surface area contributed by atoms with Gasteiger partial charge < -0.3 is 0 Å². The third-order valence-corrected chi connectivity index (χ3v) is 5.12. The maximum atomic E-state index is 12.9. The molecule has 0 saturated carbocycles. The van der Waals surface area contributed by atoms with Gasteiger partial charge in [0.25, 0.3) is 5.91 Å². The van der Waals surface area contributed by atoms with Gasteiger partial charge in [0.2, 0.25) is 0 Å². The van der Waals surface area contributed by atoms with Crippen LogP contribution in [0.2, 0.25) is 5.02 Å². The SMILES string of the molecule is CON(C)C(=O)c1cc(-c2ccccc2)nc2c1cnn2Cc1ccccc1Cl. The number of benzene rings is 2. The zero-order valence-corrected chi connectivity index (χ0v) is 16.8. The van der Waals surface area contributed by atoms with Crippen LogP contribution in [-0.4, -0.2) is 39.9 Å². The quantitative estimate of drug-likeness (QED) is 0.460. The fourth-order valence-electron chi connectivity index (χ4n) is 3.14. The molecule has 1 amide bonds. The average Bonchev–Trinajstić information content (AvgIpc) is 3.17. The number of pyridine rings is 1. The summed E-state index contributed by atoms with van der Waals surface area (Å²) in [4.78, 5) is 22.8. The monoisotopic (exact) mass is 406 g/mol. The third kappa shape index (κ3) is 3.72. The largest absolute Gasteiger partial charge is 0.278 e. The first-order chi connectivity index (χ1) is 14.1. The topological polar surface area (TPSA) is 60.2 Å². The van der Waals surface area contributed by atoms with E-state index in [9.17, 15) is 4.79 Å². The molecule has 0 fully saturated rings. The molecule has 2 aromatic heterocycles. The van der Waals surface area contributed by atoms with Gasteiger partial charge in [-0.15, -0.1) is 0 Å². The molecule has 0 radical (unpaired) electrons. The number of carbonyl (C=O) groups excluding carboxylic acids is 1. The number of fused-ring (bicyclic) bond motifs is 1. The van der Waals surface area contributed by atoms with Crippen molar-refractivity contribution in [2.24, 2.45) is 0 Å². The molecule has 0 aliphatic rings. The molecular formula is C22H19ClN4O2. The molecule has 2 aromatic carbocycles. The van der Waals surface area contributed by atoms with E-state index in [0.717, 1.165) is 11.1 Å². The van der Waals surface area contributed by atoms with Crippen molar-refractivity contribution in [2.45, 2.75) is 6.54 Å². The van der Waals surface area contributed by atoms with Crippen LogP contribution in [-0.2, 0) is 11.4 Å². The first-order valence-electron chi connectivity index (χ1n) is 9.06. The van der Waals surface area contributed by atoms with E-state index in [1.165, 1.54) is 12.2 Å². The van der Waals surface area contributed by atoms with E-state index in [2.05, 4.69) is 5.10 Å². The van der Waals surface area contributed by atoms with Gasteiger partial charge in [0.1, 0.15) is 0 Å². The Morgan fingerprint density at radius 2 is 1.86 bits per heavy atom.